The summed E-state index contributed by atoms with van der Waals surface area (Å²) in [6.45, 7) is 0.711. The standard InChI is InChI=1S/C18H13F3N2O3/c19-18(20,21)12-5-3-11(4-6-12)16-13-10-23(8-7-14(13)26-22-16)17(24)15-2-1-9-25-15/h1-6,9H,7-8,10H2. The average molecular weight is 362 g/mol. The third-order valence-corrected chi connectivity index (χ3v) is 4.33. The summed E-state index contributed by atoms with van der Waals surface area (Å²) < 4.78 is 48.6. The van der Waals surface area contributed by atoms with Crippen molar-refractivity contribution >= 4 is 5.91 Å². The molecule has 134 valence electrons. The second-order valence-corrected chi connectivity index (χ2v) is 5.96. The topological polar surface area (TPSA) is 59.5 Å². The number of carbonyl (C=O) groups is 1. The molecular formula is C18H13F3N2O3. The van der Waals surface area contributed by atoms with Gasteiger partial charge in [-0.2, -0.15) is 13.2 Å². The zero-order valence-corrected chi connectivity index (χ0v) is 13.4. The number of hydrogen-bond acceptors (Lipinski definition) is 4. The Kier molecular flexibility index (Phi) is 3.82. The molecule has 0 radical (unpaired) electrons. The van der Waals surface area contributed by atoms with Gasteiger partial charge in [0.15, 0.2) is 5.76 Å². The average Bonchev–Trinajstić information content (AvgIpc) is 3.30. The number of furan rings is 1. The predicted molar refractivity (Wildman–Crippen MR) is 84.1 cm³/mol. The fourth-order valence-electron chi connectivity index (χ4n) is 2.98. The molecule has 0 spiro atoms. The second kappa shape index (κ2) is 6.05. The molecule has 2 aromatic heterocycles. The number of benzene rings is 1. The van der Waals surface area contributed by atoms with Gasteiger partial charge in [0.25, 0.3) is 5.91 Å². The zero-order chi connectivity index (χ0) is 18.3. The lowest BCUT2D eigenvalue weighted by atomic mass is 10.0. The Balaban J connectivity index is 1.62. The van der Waals surface area contributed by atoms with E-state index in [1.54, 1.807) is 17.0 Å². The minimum Gasteiger partial charge on any atom is -0.459 e. The van der Waals surface area contributed by atoms with Crippen molar-refractivity contribution in [1.82, 2.24) is 10.1 Å². The van der Waals surface area contributed by atoms with Gasteiger partial charge in [-0.15, -0.1) is 0 Å². The Hall–Kier alpha value is -3.03. The van der Waals surface area contributed by atoms with E-state index in [1.165, 1.54) is 18.4 Å². The molecule has 1 aromatic carbocycles. The third-order valence-electron chi connectivity index (χ3n) is 4.33. The van der Waals surface area contributed by atoms with Gasteiger partial charge in [0, 0.05) is 24.1 Å². The number of rotatable bonds is 2. The van der Waals surface area contributed by atoms with Crippen LogP contribution < -0.4 is 0 Å². The SMILES string of the molecule is O=C(c1ccco1)N1CCc2onc(-c3ccc(C(F)(F)F)cc3)c2C1. The first-order valence-electron chi connectivity index (χ1n) is 7.91. The van der Waals surface area contributed by atoms with Crippen LogP contribution in [-0.2, 0) is 19.1 Å². The number of nitrogens with zero attached hydrogens (tertiary/aromatic N) is 2. The van der Waals surface area contributed by atoms with Crippen LogP contribution in [0, 0.1) is 0 Å². The van der Waals surface area contributed by atoms with Crippen molar-refractivity contribution < 1.29 is 26.9 Å². The highest BCUT2D eigenvalue weighted by molar-refractivity contribution is 5.91. The van der Waals surface area contributed by atoms with Crippen molar-refractivity contribution in [3.8, 4) is 11.3 Å². The molecule has 5 nitrogen and oxygen atoms in total. The number of aromatic nitrogens is 1. The molecule has 1 aliphatic rings. The van der Waals surface area contributed by atoms with Crippen molar-refractivity contribution in [3.05, 3.63) is 65.3 Å². The fraction of sp³-hybridized carbons (Fsp3) is 0.222. The van der Waals surface area contributed by atoms with Gasteiger partial charge in [-0.25, -0.2) is 0 Å². The predicted octanol–water partition coefficient (Wildman–Crippen LogP) is 4.15. The van der Waals surface area contributed by atoms with Crippen molar-refractivity contribution in [2.45, 2.75) is 19.1 Å². The number of amides is 1. The summed E-state index contributed by atoms with van der Waals surface area (Å²) in [5.74, 6) is 0.629. The van der Waals surface area contributed by atoms with E-state index in [0.717, 1.165) is 12.1 Å². The van der Waals surface area contributed by atoms with E-state index < -0.39 is 11.7 Å². The van der Waals surface area contributed by atoms with Crippen LogP contribution in [0.3, 0.4) is 0 Å². The molecule has 1 amide bonds. The van der Waals surface area contributed by atoms with Crippen LogP contribution in [0.25, 0.3) is 11.3 Å². The van der Waals surface area contributed by atoms with Crippen molar-refractivity contribution in [2.75, 3.05) is 6.54 Å². The van der Waals surface area contributed by atoms with Gasteiger partial charge in [0.05, 0.1) is 18.4 Å². The summed E-state index contributed by atoms with van der Waals surface area (Å²) in [4.78, 5) is 14.1. The molecule has 0 fully saturated rings. The summed E-state index contributed by atoms with van der Waals surface area (Å²) in [5.41, 5.74) is 0.935. The minimum atomic E-state index is -4.39. The Morgan fingerprint density at radius 3 is 2.58 bits per heavy atom. The summed E-state index contributed by atoms with van der Waals surface area (Å²) in [7, 11) is 0. The van der Waals surface area contributed by atoms with Crippen LogP contribution in [0.5, 0.6) is 0 Å². The first kappa shape index (κ1) is 16.4. The van der Waals surface area contributed by atoms with Gasteiger partial charge < -0.3 is 13.8 Å². The summed E-state index contributed by atoms with van der Waals surface area (Å²) in [6, 6.07) is 7.94. The van der Waals surface area contributed by atoms with Gasteiger partial charge in [-0.3, -0.25) is 4.79 Å². The molecule has 0 unspecified atom stereocenters. The summed E-state index contributed by atoms with van der Waals surface area (Å²) in [6.07, 6.45) is -2.49. The zero-order valence-electron chi connectivity index (χ0n) is 13.4. The lowest BCUT2D eigenvalue weighted by molar-refractivity contribution is -0.137. The summed E-state index contributed by atoms with van der Waals surface area (Å²) in [5, 5.41) is 4.00. The molecule has 3 heterocycles. The maximum absolute atomic E-state index is 12.7. The maximum atomic E-state index is 12.7. The van der Waals surface area contributed by atoms with Gasteiger partial charge in [0.2, 0.25) is 0 Å². The van der Waals surface area contributed by atoms with E-state index in [2.05, 4.69) is 5.16 Å². The number of alkyl halides is 3. The molecule has 0 N–H and O–H groups in total. The van der Waals surface area contributed by atoms with Crippen molar-refractivity contribution in [2.24, 2.45) is 0 Å². The van der Waals surface area contributed by atoms with Gasteiger partial charge in [-0.05, 0) is 24.3 Å². The van der Waals surface area contributed by atoms with E-state index in [0.29, 0.717) is 35.5 Å². The molecule has 8 heteroatoms. The monoisotopic (exact) mass is 362 g/mol. The van der Waals surface area contributed by atoms with Crippen molar-refractivity contribution in [3.63, 3.8) is 0 Å². The molecule has 0 saturated carbocycles. The smallest absolute Gasteiger partial charge is 0.416 e. The number of halogens is 3. The molecule has 0 saturated heterocycles. The highest BCUT2D eigenvalue weighted by atomic mass is 19.4. The van der Waals surface area contributed by atoms with Crippen LogP contribution >= 0.6 is 0 Å². The largest absolute Gasteiger partial charge is 0.459 e. The quantitative estimate of drug-likeness (QED) is 0.687. The van der Waals surface area contributed by atoms with E-state index in [-0.39, 0.29) is 18.2 Å². The molecule has 0 bridgehead atoms. The van der Waals surface area contributed by atoms with Crippen molar-refractivity contribution in [1.29, 1.82) is 0 Å². The highest BCUT2D eigenvalue weighted by Crippen LogP contribution is 2.34. The molecule has 1 aliphatic heterocycles. The molecule has 4 rings (SSSR count). The Labute approximate surface area is 146 Å². The fourth-order valence-corrected chi connectivity index (χ4v) is 2.98. The van der Waals surface area contributed by atoms with Gasteiger partial charge in [0.1, 0.15) is 11.5 Å². The van der Waals surface area contributed by atoms with Crippen LogP contribution in [0.2, 0.25) is 0 Å². The van der Waals surface area contributed by atoms with Crippen LogP contribution in [0.15, 0.2) is 51.6 Å². The van der Waals surface area contributed by atoms with E-state index in [1.807, 2.05) is 0 Å². The molecule has 3 aromatic rings. The first-order chi connectivity index (χ1) is 12.4. The third kappa shape index (κ3) is 2.87. The molecule has 0 atom stereocenters. The molecular weight excluding hydrogens is 349 g/mol. The van der Waals surface area contributed by atoms with E-state index >= 15 is 0 Å². The number of fused-ring (bicyclic) bond motifs is 1. The summed E-state index contributed by atoms with van der Waals surface area (Å²) >= 11 is 0. The minimum absolute atomic E-state index is 0.237. The number of hydrogen-bond donors (Lipinski definition) is 0. The van der Waals surface area contributed by atoms with Gasteiger partial charge >= 0.3 is 6.18 Å². The van der Waals surface area contributed by atoms with Crippen LogP contribution in [0.4, 0.5) is 13.2 Å². The van der Waals surface area contributed by atoms with E-state index in [9.17, 15) is 18.0 Å². The molecule has 26 heavy (non-hydrogen) atoms. The normalized spacial score (nSPS) is 14.3. The second-order valence-electron chi connectivity index (χ2n) is 5.96. The lowest BCUT2D eigenvalue weighted by Gasteiger charge is -2.25. The van der Waals surface area contributed by atoms with Crippen LogP contribution in [0.1, 0.15) is 27.4 Å². The van der Waals surface area contributed by atoms with E-state index in [4.69, 9.17) is 8.94 Å². The highest BCUT2D eigenvalue weighted by Gasteiger charge is 2.31. The Morgan fingerprint density at radius 1 is 1.15 bits per heavy atom. The Morgan fingerprint density at radius 2 is 1.92 bits per heavy atom. The Bertz CT molecular complexity index is 928. The van der Waals surface area contributed by atoms with Gasteiger partial charge in [-0.1, -0.05) is 17.3 Å². The molecule has 0 aliphatic carbocycles. The number of carbonyl (C=O) groups excluding carboxylic acids is 1. The lowest BCUT2D eigenvalue weighted by Crippen LogP contribution is -2.35. The first-order valence-corrected chi connectivity index (χ1v) is 7.91. The maximum Gasteiger partial charge on any atom is 0.416 e. The van der Waals surface area contributed by atoms with Crippen LogP contribution in [-0.4, -0.2) is 22.5 Å².